The molecule has 0 bridgehead atoms. The van der Waals surface area contributed by atoms with Crippen molar-refractivity contribution in [2.24, 2.45) is 5.92 Å². The lowest BCUT2D eigenvalue weighted by atomic mass is 10.0. The third-order valence-corrected chi connectivity index (χ3v) is 2.54. The van der Waals surface area contributed by atoms with Gasteiger partial charge < -0.3 is 5.11 Å². The molecular formula is C14H22O. The molecule has 0 radical (unpaired) electrons. The summed E-state index contributed by atoms with van der Waals surface area (Å²) in [5.41, 5.74) is 2.81. The van der Waals surface area contributed by atoms with Crippen LogP contribution in [0.15, 0.2) is 24.3 Å². The Morgan fingerprint density at radius 1 is 1.00 bits per heavy atom. The largest absolute Gasteiger partial charge is 0.396 e. The second-order valence-electron chi connectivity index (χ2n) is 4.60. The molecule has 0 fully saturated rings. The Balaban J connectivity index is 2.42. The van der Waals surface area contributed by atoms with Crippen LogP contribution in [0.3, 0.4) is 0 Å². The number of hydrogen-bond donors (Lipinski definition) is 1. The lowest BCUT2D eigenvalue weighted by Crippen LogP contribution is -1.94. The Kier molecular flexibility index (Phi) is 5.41. The molecule has 1 aromatic carbocycles. The van der Waals surface area contributed by atoms with E-state index < -0.39 is 0 Å². The van der Waals surface area contributed by atoms with Gasteiger partial charge in [-0.3, -0.25) is 0 Å². The van der Waals surface area contributed by atoms with Crippen LogP contribution >= 0.6 is 0 Å². The van der Waals surface area contributed by atoms with Gasteiger partial charge in [-0.2, -0.15) is 0 Å². The van der Waals surface area contributed by atoms with E-state index in [4.69, 9.17) is 5.11 Å². The highest BCUT2D eigenvalue weighted by atomic mass is 16.2. The summed E-state index contributed by atoms with van der Waals surface area (Å²) in [6, 6.07) is 8.90. The standard InChI is InChI=1S/C14H22O/c1-12(2)11-14-8-6-13(7-9-14)5-3-4-10-15/h6-9,12,15H,3-5,10-11H2,1-2H3. The van der Waals surface area contributed by atoms with Crippen LogP contribution in [0.2, 0.25) is 0 Å². The lowest BCUT2D eigenvalue weighted by molar-refractivity contribution is 0.284. The summed E-state index contributed by atoms with van der Waals surface area (Å²) in [5, 5.41) is 8.69. The van der Waals surface area contributed by atoms with Gasteiger partial charge in [0.15, 0.2) is 0 Å². The molecule has 0 aliphatic heterocycles. The number of hydrogen-bond acceptors (Lipinski definition) is 1. The first-order chi connectivity index (χ1) is 7.22. The van der Waals surface area contributed by atoms with E-state index in [1.165, 1.54) is 11.1 Å². The summed E-state index contributed by atoms with van der Waals surface area (Å²) in [6.45, 7) is 4.80. The van der Waals surface area contributed by atoms with Crippen molar-refractivity contribution in [1.82, 2.24) is 0 Å². The zero-order valence-corrected chi connectivity index (χ0v) is 9.87. The van der Waals surface area contributed by atoms with Crippen molar-refractivity contribution in [3.8, 4) is 0 Å². The zero-order valence-electron chi connectivity index (χ0n) is 9.87. The highest BCUT2D eigenvalue weighted by Crippen LogP contribution is 2.11. The summed E-state index contributed by atoms with van der Waals surface area (Å²) in [4.78, 5) is 0. The van der Waals surface area contributed by atoms with E-state index >= 15 is 0 Å². The van der Waals surface area contributed by atoms with Crippen LogP contribution in [0.1, 0.15) is 37.8 Å². The van der Waals surface area contributed by atoms with Gasteiger partial charge in [-0.15, -0.1) is 0 Å². The lowest BCUT2D eigenvalue weighted by Gasteiger charge is -2.06. The average molecular weight is 206 g/mol. The smallest absolute Gasteiger partial charge is 0.0431 e. The molecule has 15 heavy (non-hydrogen) atoms. The van der Waals surface area contributed by atoms with Crippen LogP contribution in [0.5, 0.6) is 0 Å². The van der Waals surface area contributed by atoms with E-state index in [2.05, 4.69) is 38.1 Å². The number of aliphatic hydroxyl groups is 1. The van der Waals surface area contributed by atoms with Crippen LogP contribution in [0.4, 0.5) is 0 Å². The Morgan fingerprint density at radius 3 is 2.13 bits per heavy atom. The zero-order chi connectivity index (χ0) is 11.1. The molecule has 1 aromatic rings. The molecule has 0 saturated heterocycles. The van der Waals surface area contributed by atoms with Gasteiger partial charge >= 0.3 is 0 Å². The Morgan fingerprint density at radius 2 is 1.60 bits per heavy atom. The molecule has 0 aliphatic rings. The van der Waals surface area contributed by atoms with E-state index in [1.807, 2.05) is 0 Å². The maximum atomic E-state index is 8.69. The minimum atomic E-state index is 0.311. The quantitative estimate of drug-likeness (QED) is 0.709. The van der Waals surface area contributed by atoms with Crippen LogP contribution in [-0.2, 0) is 12.8 Å². The molecule has 0 saturated carbocycles. The minimum absolute atomic E-state index is 0.311. The first kappa shape index (κ1) is 12.3. The van der Waals surface area contributed by atoms with Gasteiger partial charge in [0.2, 0.25) is 0 Å². The summed E-state index contributed by atoms with van der Waals surface area (Å²) < 4.78 is 0. The van der Waals surface area contributed by atoms with Crippen molar-refractivity contribution < 1.29 is 5.11 Å². The van der Waals surface area contributed by atoms with Gasteiger partial charge in [-0.05, 0) is 42.7 Å². The molecule has 0 spiro atoms. The number of aryl methyl sites for hydroxylation is 1. The predicted octanol–water partition coefficient (Wildman–Crippen LogP) is 3.20. The summed E-state index contributed by atoms with van der Waals surface area (Å²) in [6.07, 6.45) is 4.24. The third kappa shape index (κ3) is 4.98. The van der Waals surface area contributed by atoms with Crippen molar-refractivity contribution in [3.63, 3.8) is 0 Å². The molecule has 0 heterocycles. The maximum absolute atomic E-state index is 8.69. The molecule has 1 heteroatoms. The minimum Gasteiger partial charge on any atom is -0.396 e. The van der Waals surface area contributed by atoms with Gasteiger partial charge in [-0.25, -0.2) is 0 Å². The fourth-order valence-corrected chi connectivity index (χ4v) is 1.75. The van der Waals surface area contributed by atoms with Crippen molar-refractivity contribution in [3.05, 3.63) is 35.4 Å². The molecule has 0 aliphatic carbocycles. The molecule has 1 rings (SSSR count). The van der Waals surface area contributed by atoms with Gasteiger partial charge in [0, 0.05) is 6.61 Å². The van der Waals surface area contributed by atoms with Crippen molar-refractivity contribution in [1.29, 1.82) is 0 Å². The van der Waals surface area contributed by atoms with Crippen molar-refractivity contribution in [2.75, 3.05) is 6.61 Å². The Hall–Kier alpha value is -0.820. The fraction of sp³-hybridized carbons (Fsp3) is 0.571. The number of aliphatic hydroxyl groups excluding tert-OH is 1. The normalized spacial score (nSPS) is 10.9. The third-order valence-electron chi connectivity index (χ3n) is 2.54. The predicted molar refractivity (Wildman–Crippen MR) is 65.0 cm³/mol. The van der Waals surface area contributed by atoms with Crippen LogP contribution in [-0.4, -0.2) is 11.7 Å². The molecule has 84 valence electrons. The van der Waals surface area contributed by atoms with Crippen LogP contribution in [0, 0.1) is 5.92 Å². The second-order valence-corrected chi connectivity index (χ2v) is 4.60. The SMILES string of the molecule is CC(C)Cc1ccc(CCCCO)cc1. The van der Waals surface area contributed by atoms with Gasteiger partial charge in [0.1, 0.15) is 0 Å². The van der Waals surface area contributed by atoms with E-state index in [1.54, 1.807) is 0 Å². The first-order valence-corrected chi connectivity index (χ1v) is 5.91. The van der Waals surface area contributed by atoms with Crippen molar-refractivity contribution >= 4 is 0 Å². The van der Waals surface area contributed by atoms with E-state index in [0.29, 0.717) is 6.61 Å². The summed E-state index contributed by atoms with van der Waals surface area (Å²) in [5.74, 6) is 0.727. The van der Waals surface area contributed by atoms with Crippen LogP contribution in [0.25, 0.3) is 0 Å². The van der Waals surface area contributed by atoms with E-state index in [9.17, 15) is 0 Å². The number of benzene rings is 1. The molecule has 1 nitrogen and oxygen atoms in total. The Bertz CT molecular complexity index is 261. The second kappa shape index (κ2) is 6.62. The molecule has 0 amide bonds. The molecular weight excluding hydrogens is 184 g/mol. The highest BCUT2D eigenvalue weighted by Gasteiger charge is 1.98. The molecule has 1 N–H and O–H groups in total. The number of rotatable bonds is 6. The van der Waals surface area contributed by atoms with E-state index in [-0.39, 0.29) is 0 Å². The molecule has 0 unspecified atom stereocenters. The fourth-order valence-electron chi connectivity index (χ4n) is 1.75. The van der Waals surface area contributed by atoms with E-state index in [0.717, 1.165) is 31.6 Å². The molecule has 0 atom stereocenters. The summed E-state index contributed by atoms with van der Waals surface area (Å²) in [7, 11) is 0. The maximum Gasteiger partial charge on any atom is 0.0431 e. The monoisotopic (exact) mass is 206 g/mol. The topological polar surface area (TPSA) is 20.2 Å². The van der Waals surface area contributed by atoms with Gasteiger partial charge in [0.25, 0.3) is 0 Å². The van der Waals surface area contributed by atoms with Gasteiger partial charge in [-0.1, -0.05) is 38.1 Å². The summed E-state index contributed by atoms with van der Waals surface area (Å²) >= 11 is 0. The highest BCUT2D eigenvalue weighted by molar-refractivity contribution is 5.22. The Labute approximate surface area is 93.1 Å². The first-order valence-electron chi connectivity index (χ1n) is 5.91. The van der Waals surface area contributed by atoms with Crippen molar-refractivity contribution in [2.45, 2.75) is 39.5 Å². The molecule has 0 aromatic heterocycles. The number of unbranched alkanes of at least 4 members (excludes halogenated alkanes) is 1. The van der Waals surface area contributed by atoms with Crippen LogP contribution < -0.4 is 0 Å². The average Bonchev–Trinajstić information content (AvgIpc) is 2.20. The van der Waals surface area contributed by atoms with Gasteiger partial charge in [0.05, 0.1) is 0 Å².